The Morgan fingerprint density at radius 3 is 1.98 bits per heavy atom. The number of hydrogen-bond donors (Lipinski definition) is 2. The Morgan fingerprint density at radius 1 is 0.886 bits per heavy atom. The third kappa shape index (κ3) is 5.03. The van der Waals surface area contributed by atoms with Gasteiger partial charge in [-0.15, -0.1) is 0 Å². The van der Waals surface area contributed by atoms with Crippen LogP contribution in [0.5, 0.6) is 11.5 Å². The first kappa shape index (κ1) is 29.8. The Balaban J connectivity index is 1.46. The van der Waals surface area contributed by atoms with Crippen molar-refractivity contribution < 1.29 is 28.8 Å². The first-order chi connectivity index (χ1) is 21.1. The number of aliphatic hydroxyl groups excluding tert-OH is 1. The van der Waals surface area contributed by atoms with Crippen LogP contribution in [0.1, 0.15) is 43.7 Å². The third-order valence-electron chi connectivity index (χ3n) is 8.40. The fraction of sp³-hybridized carbons (Fsp3) is 0.353. The van der Waals surface area contributed by atoms with Crippen LogP contribution in [0.3, 0.4) is 0 Å². The molecule has 2 N–H and O–H groups in total. The third-order valence-corrected chi connectivity index (χ3v) is 8.40. The molecule has 3 aromatic carbocycles. The van der Waals surface area contributed by atoms with Crippen molar-refractivity contribution in [2.75, 3.05) is 26.1 Å². The molecule has 44 heavy (non-hydrogen) atoms. The minimum atomic E-state index is -1.02. The number of aliphatic hydroxyl groups is 1. The van der Waals surface area contributed by atoms with Gasteiger partial charge in [0.15, 0.2) is 12.0 Å². The largest absolute Gasteiger partial charge is 0.497 e. The number of nitrogens with one attached hydrogen (secondary N) is 1. The highest BCUT2D eigenvalue weighted by atomic mass is 16.8. The second-order valence-corrected chi connectivity index (χ2v) is 11.6. The molecule has 2 aliphatic heterocycles. The molecular weight excluding hydrogens is 562 g/mol. The molecule has 10 heteroatoms. The lowest BCUT2D eigenvalue weighted by atomic mass is 9.77. The quantitative estimate of drug-likeness (QED) is 0.269. The van der Waals surface area contributed by atoms with Crippen molar-refractivity contribution in [3.63, 3.8) is 0 Å². The molecule has 0 aliphatic carbocycles. The van der Waals surface area contributed by atoms with Gasteiger partial charge in [-0.3, -0.25) is 4.57 Å². The zero-order valence-corrected chi connectivity index (χ0v) is 25.4. The predicted octanol–water partition coefficient (Wildman–Crippen LogP) is 4.46. The van der Waals surface area contributed by atoms with Gasteiger partial charge in [0, 0.05) is 6.20 Å². The van der Waals surface area contributed by atoms with Crippen LogP contribution in [0, 0.1) is 0 Å². The topological polar surface area (TPSA) is 113 Å². The molecule has 0 bridgehead atoms. The number of anilines is 1. The standard InChI is InChI=1S/C34H37N3O7/c1-32(2)43-29-27(21-38)42-30(33(29,3)44-32)37-20-19-28(35-31(37)39)36-34(22-9-7-6-8-10-22,23-11-15-25(40-4)16-12-23)24-13-17-26(41-5)18-14-24/h6-20,27,29-30,38H,21H2,1-5H3,(H,35,36,39)/t27-,29?,30+,33+/m1/s1. The molecular formula is C34H37N3O7. The molecule has 0 spiro atoms. The molecule has 1 aromatic heterocycles. The van der Waals surface area contributed by atoms with Crippen LogP contribution in [-0.4, -0.2) is 59.1 Å². The molecule has 2 saturated heterocycles. The average Bonchev–Trinajstić information content (AvgIpc) is 3.44. The first-order valence-corrected chi connectivity index (χ1v) is 14.5. The zero-order chi connectivity index (χ0) is 31.1. The molecule has 1 unspecified atom stereocenters. The van der Waals surface area contributed by atoms with Crippen LogP contribution in [0.15, 0.2) is 95.9 Å². The van der Waals surface area contributed by atoms with Crippen molar-refractivity contribution in [2.24, 2.45) is 0 Å². The SMILES string of the molecule is COc1ccc(C(Nc2ccn([C@H]3O[C@H](CO)C4OC(C)(C)O[C@@]43C)c(=O)n2)(c2ccccc2)c2ccc(OC)cc2)cc1. The Morgan fingerprint density at radius 2 is 1.45 bits per heavy atom. The molecule has 10 nitrogen and oxygen atoms in total. The van der Waals surface area contributed by atoms with E-state index < -0.39 is 41.1 Å². The lowest BCUT2D eigenvalue weighted by Crippen LogP contribution is -2.45. The van der Waals surface area contributed by atoms with Crippen molar-refractivity contribution in [1.82, 2.24) is 9.55 Å². The number of methoxy groups -OCH3 is 2. The van der Waals surface area contributed by atoms with Gasteiger partial charge in [0.05, 0.1) is 20.8 Å². The summed E-state index contributed by atoms with van der Waals surface area (Å²) in [6.45, 7) is 5.16. The normalized spacial score (nSPS) is 24.1. The fourth-order valence-corrected chi connectivity index (χ4v) is 6.46. The van der Waals surface area contributed by atoms with E-state index in [1.807, 2.05) is 85.8 Å². The van der Waals surface area contributed by atoms with Gasteiger partial charge in [-0.2, -0.15) is 4.98 Å². The number of fused-ring (bicyclic) bond motifs is 1. The van der Waals surface area contributed by atoms with Crippen LogP contribution >= 0.6 is 0 Å². The molecule has 230 valence electrons. The van der Waals surface area contributed by atoms with Gasteiger partial charge in [0.2, 0.25) is 0 Å². The second kappa shape index (κ2) is 11.4. The van der Waals surface area contributed by atoms with Crippen LogP contribution in [0.25, 0.3) is 0 Å². The van der Waals surface area contributed by atoms with Gasteiger partial charge in [-0.05, 0) is 67.8 Å². The number of ether oxygens (including phenoxy) is 5. The summed E-state index contributed by atoms with van der Waals surface area (Å²) in [7, 11) is 3.26. The summed E-state index contributed by atoms with van der Waals surface area (Å²) in [4.78, 5) is 18.2. The summed E-state index contributed by atoms with van der Waals surface area (Å²) in [6, 6.07) is 27.3. The minimum Gasteiger partial charge on any atom is -0.497 e. The van der Waals surface area contributed by atoms with E-state index in [-0.39, 0.29) is 6.61 Å². The van der Waals surface area contributed by atoms with Crippen molar-refractivity contribution in [1.29, 1.82) is 0 Å². The molecule has 6 rings (SSSR count). The van der Waals surface area contributed by atoms with E-state index >= 15 is 0 Å². The summed E-state index contributed by atoms with van der Waals surface area (Å²) in [5.41, 5.74) is 0.218. The zero-order valence-electron chi connectivity index (χ0n) is 25.4. The van der Waals surface area contributed by atoms with Crippen LogP contribution in [0.2, 0.25) is 0 Å². The van der Waals surface area contributed by atoms with Crippen LogP contribution in [-0.2, 0) is 19.7 Å². The first-order valence-electron chi connectivity index (χ1n) is 14.5. The lowest BCUT2D eigenvalue weighted by Gasteiger charge is -2.37. The summed E-state index contributed by atoms with van der Waals surface area (Å²) in [6.07, 6.45) is -0.445. The summed E-state index contributed by atoms with van der Waals surface area (Å²) < 4.78 is 30.7. The highest BCUT2D eigenvalue weighted by Crippen LogP contribution is 2.50. The van der Waals surface area contributed by atoms with Gasteiger partial charge < -0.3 is 34.1 Å². The molecule has 3 heterocycles. The van der Waals surface area contributed by atoms with Gasteiger partial charge in [0.25, 0.3) is 0 Å². The Bertz CT molecular complexity index is 1610. The van der Waals surface area contributed by atoms with Crippen molar-refractivity contribution in [3.8, 4) is 11.5 Å². The van der Waals surface area contributed by atoms with Gasteiger partial charge in [-0.1, -0.05) is 54.6 Å². The highest BCUT2D eigenvalue weighted by molar-refractivity contribution is 5.59. The molecule has 2 fully saturated rings. The lowest BCUT2D eigenvalue weighted by molar-refractivity contribution is -0.218. The van der Waals surface area contributed by atoms with E-state index in [0.29, 0.717) is 5.82 Å². The predicted molar refractivity (Wildman–Crippen MR) is 164 cm³/mol. The van der Waals surface area contributed by atoms with E-state index in [0.717, 1.165) is 28.2 Å². The fourth-order valence-electron chi connectivity index (χ4n) is 6.46. The minimum absolute atomic E-state index is 0.276. The Labute approximate surface area is 256 Å². The maximum Gasteiger partial charge on any atom is 0.351 e. The van der Waals surface area contributed by atoms with E-state index in [1.54, 1.807) is 40.3 Å². The van der Waals surface area contributed by atoms with Crippen LogP contribution in [0.4, 0.5) is 5.82 Å². The molecule has 0 saturated carbocycles. The van der Waals surface area contributed by atoms with Gasteiger partial charge >= 0.3 is 5.69 Å². The number of rotatable bonds is 9. The van der Waals surface area contributed by atoms with Crippen molar-refractivity contribution >= 4 is 5.82 Å². The maximum atomic E-state index is 13.7. The maximum absolute atomic E-state index is 13.7. The van der Waals surface area contributed by atoms with Crippen molar-refractivity contribution in [3.05, 3.63) is 118 Å². The van der Waals surface area contributed by atoms with Gasteiger partial charge in [-0.25, -0.2) is 4.79 Å². The molecule has 4 aromatic rings. The molecule has 0 radical (unpaired) electrons. The molecule has 2 aliphatic rings. The molecule has 4 atom stereocenters. The number of nitrogens with zero attached hydrogens (tertiary/aromatic N) is 2. The Hall–Kier alpha value is -4.22. The van der Waals surface area contributed by atoms with Crippen molar-refractivity contribution in [2.45, 2.75) is 56.1 Å². The van der Waals surface area contributed by atoms with E-state index in [4.69, 9.17) is 23.7 Å². The summed E-state index contributed by atoms with van der Waals surface area (Å²) >= 11 is 0. The summed E-state index contributed by atoms with van der Waals surface area (Å²) in [5.74, 6) is 0.887. The van der Waals surface area contributed by atoms with Crippen LogP contribution < -0.4 is 20.5 Å². The smallest absolute Gasteiger partial charge is 0.351 e. The molecule has 0 amide bonds. The average molecular weight is 600 g/mol. The second-order valence-electron chi connectivity index (χ2n) is 11.6. The monoisotopic (exact) mass is 599 g/mol. The Kier molecular flexibility index (Phi) is 7.71. The van der Waals surface area contributed by atoms with Gasteiger partial charge in [0.1, 0.15) is 40.7 Å². The number of aromatic nitrogens is 2. The number of hydrogen-bond acceptors (Lipinski definition) is 9. The van der Waals surface area contributed by atoms with E-state index in [1.165, 1.54) is 4.57 Å². The highest BCUT2D eigenvalue weighted by Gasteiger charge is 2.64. The van der Waals surface area contributed by atoms with E-state index in [2.05, 4.69) is 10.3 Å². The number of benzene rings is 3. The summed E-state index contributed by atoms with van der Waals surface area (Å²) in [5, 5.41) is 13.6. The van der Waals surface area contributed by atoms with E-state index in [9.17, 15) is 9.90 Å².